The Morgan fingerprint density at radius 3 is 2.77 bits per heavy atom. The number of amides is 1. The van der Waals surface area contributed by atoms with Gasteiger partial charge in [0.15, 0.2) is 0 Å². The molecule has 4 nitrogen and oxygen atoms in total. The molecule has 1 aliphatic heterocycles. The highest BCUT2D eigenvalue weighted by molar-refractivity contribution is 5.71. The maximum atomic E-state index is 12.8. The second-order valence-corrected chi connectivity index (χ2v) is 5.73. The topological polar surface area (TPSA) is 55.6 Å². The Hall–Kier alpha value is -1.76. The first-order valence-electron chi connectivity index (χ1n) is 7.07. The lowest BCUT2D eigenvalue weighted by atomic mass is 9.95. The fraction of sp³-hybridized carbons (Fsp3) is 0.533. The number of nitrogens with zero attached hydrogens (tertiary/aromatic N) is 1. The first-order chi connectivity index (χ1) is 10.3. The number of halogens is 3. The summed E-state index contributed by atoms with van der Waals surface area (Å²) >= 11 is 0. The van der Waals surface area contributed by atoms with Crippen LogP contribution >= 0.6 is 0 Å². The molecule has 7 heteroatoms. The molecule has 1 fully saturated rings. The van der Waals surface area contributed by atoms with Gasteiger partial charge in [-0.3, -0.25) is 4.90 Å². The van der Waals surface area contributed by atoms with E-state index < -0.39 is 23.4 Å². The van der Waals surface area contributed by atoms with Gasteiger partial charge in [0.25, 0.3) is 0 Å². The molecule has 1 aromatic rings. The second kappa shape index (κ2) is 6.16. The fourth-order valence-corrected chi connectivity index (χ4v) is 2.57. The van der Waals surface area contributed by atoms with E-state index in [1.165, 1.54) is 11.0 Å². The predicted molar refractivity (Wildman–Crippen MR) is 75.0 cm³/mol. The van der Waals surface area contributed by atoms with Crippen LogP contribution in [-0.4, -0.2) is 29.7 Å². The highest BCUT2D eigenvalue weighted by atomic mass is 19.4. The third-order valence-electron chi connectivity index (χ3n) is 3.89. The Morgan fingerprint density at radius 2 is 2.14 bits per heavy atom. The van der Waals surface area contributed by atoms with Crippen molar-refractivity contribution in [1.82, 2.24) is 4.90 Å². The van der Waals surface area contributed by atoms with Crippen LogP contribution in [0.5, 0.6) is 0 Å². The molecule has 1 aromatic carbocycles. The summed E-state index contributed by atoms with van der Waals surface area (Å²) in [5.41, 5.74) is 4.66. The van der Waals surface area contributed by atoms with Crippen LogP contribution < -0.4 is 5.73 Å². The van der Waals surface area contributed by atoms with E-state index in [0.717, 1.165) is 12.1 Å². The number of carbonyl (C=O) groups excluding carboxylic acids is 1. The van der Waals surface area contributed by atoms with Crippen molar-refractivity contribution < 1.29 is 22.7 Å². The number of benzene rings is 1. The molecule has 0 aromatic heterocycles. The summed E-state index contributed by atoms with van der Waals surface area (Å²) in [7, 11) is 0. The molecule has 0 spiro atoms. The van der Waals surface area contributed by atoms with Gasteiger partial charge in [-0.1, -0.05) is 12.1 Å². The summed E-state index contributed by atoms with van der Waals surface area (Å²) in [6.07, 6.45) is -3.54. The Labute approximate surface area is 127 Å². The molecule has 122 valence electrons. The lowest BCUT2D eigenvalue weighted by molar-refractivity contribution is -0.137. The van der Waals surface area contributed by atoms with Gasteiger partial charge in [0.2, 0.25) is 0 Å². The number of cyclic esters (lactones) is 1. The normalized spacial score (nSPS) is 22.0. The SMILES string of the molecule is CC1(CCCN)COC(=O)N1Cc1cccc(C(F)(F)F)c1. The van der Waals surface area contributed by atoms with Crippen molar-refractivity contribution in [2.24, 2.45) is 5.73 Å². The minimum absolute atomic E-state index is 0.0871. The summed E-state index contributed by atoms with van der Waals surface area (Å²) < 4.78 is 43.3. The third-order valence-corrected chi connectivity index (χ3v) is 3.89. The Bertz CT molecular complexity index is 548. The van der Waals surface area contributed by atoms with E-state index in [1.54, 1.807) is 6.07 Å². The Kier molecular flexibility index (Phi) is 4.65. The molecule has 1 aliphatic rings. The smallest absolute Gasteiger partial charge is 0.416 e. The lowest BCUT2D eigenvalue weighted by Gasteiger charge is -2.32. The third kappa shape index (κ3) is 3.52. The molecule has 22 heavy (non-hydrogen) atoms. The molecule has 2 rings (SSSR count). The standard InChI is InChI=1S/C15H19F3N2O2/c1-14(6-3-7-19)10-22-13(21)20(14)9-11-4-2-5-12(8-11)15(16,17)18/h2,4-5,8H,3,6-7,9-10,19H2,1H3. The zero-order chi connectivity index (χ0) is 16.4. The van der Waals surface area contributed by atoms with E-state index in [2.05, 4.69) is 0 Å². The van der Waals surface area contributed by atoms with Gasteiger partial charge in [-0.2, -0.15) is 13.2 Å². The van der Waals surface area contributed by atoms with Gasteiger partial charge in [0, 0.05) is 6.54 Å². The molecule has 0 saturated carbocycles. The molecular weight excluding hydrogens is 297 g/mol. The van der Waals surface area contributed by atoms with Crippen LogP contribution in [0.25, 0.3) is 0 Å². The number of rotatable bonds is 5. The number of nitrogens with two attached hydrogens (primary N) is 1. The monoisotopic (exact) mass is 316 g/mol. The summed E-state index contributed by atoms with van der Waals surface area (Å²) in [5, 5.41) is 0. The van der Waals surface area contributed by atoms with Crippen molar-refractivity contribution >= 4 is 6.09 Å². The number of carbonyl (C=O) groups is 1. The highest BCUT2D eigenvalue weighted by Gasteiger charge is 2.43. The average Bonchev–Trinajstić information content (AvgIpc) is 2.74. The Morgan fingerprint density at radius 1 is 1.41 bits per heavy atom. The van der Waals surface area contributed by atoms with Crippen LogP contribution in [0.15, 0.2) is 24.3 Å². The predicted octanol–water partition coefficient (Wildman–Crippen LogP) is 3.16. The number of hydrogen-bond donors (Lipinski definition) is 1. The van der Waals surface area contributed by atoms with Gasteiger partial charge < -0.3 is 10.5 Å². The summed E-state index contributed by atoms with van der Waals surface area (Å²) in [5.74, 6) is 0. The molecule has 1 amide bonds. The molecule has 0 radical (unpaired) electrons. The first kappa shape index (κ1) is 16.6. The maximum absolute atomic E-state index is 12.8. The van der Waals surface area contributed by atoms with E-state index in [9.17, 15) is 18.0 Å². The van der Waals surface area contributed by atoms with Crippen LogP contribution in [0.3, 0.4) is 0 Å². The van der Waals surface area contributed by atoms with Gasteiger partial charge in [0.05, 0.1) is 11.1 Å². The molecule has 0 bridgehead atoms. The van der Waals surface area contributed by atoms with Gasteiger partial charge in [-0.25, -0.2) is 4.79 Å². The average molecular weight is 316 g/mol. The van der Waals surface area contributed by atoms with Gasteiger partial charge in [0.1, 0.15) is 6.61 Å². The number of alkyl halides is 3. The zero-order valence-corrected chi connectivity index (χ0v) is 12.3. The Balaban J connectivity index is 2.19. The van der Waals surface area contributed by atoms with Gasteiger partial charge in [-0.15, -0.1) is 0 Å². The quantitative estimate of drug-likeness (QED) is 0.908. The van der Waals surface area contributed by atoms with Crippen molar-refractivity contribution in [2.75, 3.05) is 13.2 Å². The van der Waals surface area contributed by atoms with E-state index in [1.807, 2.05) is 6.92 Å². The summed E-state index contributed by atoms with van der Waals surface area (Å²) in [4.78, 5) is 13.4. The van der Waals surface area contributed by atoms with Crippen molar-refractivity contribution in [3.8, 4) is 0 Å². The molecule has 1 atom stereocenters. The van der Waals surface area contributed by atoms with Crippen LogP contribution in [-0.2, 0) is 17.5 Å². The van der Waals surface area contributed by atoms with Crippen LogP contribution in [0, 0.1) is 0 Å². The zero-order valence-electron chi connectivity index (χ0n) is 12.3. The maximum Gasteiger partial charge on any atom is 0.416 e. The van der Waals surface area contributed by atoms with E-state index in [4.69, 9.17) is 10.5 Å². The molecule has 1 saturated heterocycles. The van der Waals surface area contributed by atoms with Crippen molar-refractivity contribution in [3.63, 3.8) is 0 Å². The molecular formula is C15H19F3N2O2. The van der Waals surface area contributed by atoms with Gasteiger partial charge in [-0.05, 0) is 44.0 Å². The van der Waals surface area contributed by atoms with E-state index in [-0.39, 0.29) is 13.2 Å². The first-order valence-corrected chi connectivity index (χ1v) is 7.07. The molecule has 1 heterocycles. The largest absolute Gasteiger partial charge is 0.447 e. The van der Waals surface area contributed by atoms with Gasteiger partial charge >= 0.3 is 12.3 Å². The second-order valence-electron chi connectivity index (χ2n) is 5.73. The molecule has 0 aliphatic carbocycles. The summed E-state index contributed by atoms with van der Waals surface area (Å²) in [6, 6.07) is 5.00. The van der Waals surface area contributed by atoms with E-state index in [0.29, 0.717) is 24.9 Å². The lowest BCUT2D eigenvalue weighted by Crippen LogP contribution is -2.44. The molecule has 2 N–H and O–H groups in total. The van der Waals surface area contributed by atoms with E-state index >= 15 is 0 Å². The van der Waals surface area contributed by atoms with Crippen LogP contribution in [0.1, 0.15) is 30.9 Å². The van der Waals surface area contributed by atoms with Crippen LogP contribution in [0.4, 0.5) is 18.0 Å². The number of ether oxygens (including phenoxy) is 1. The highest BCUT2D eigenvalue weighted by Crippen LogP contribution is 2.33. The molecule has 1 unspecified atom stereocenters. The minimum atomic E-state index is -4.40. The summed E-state index contributed by atoms with van der Waals surface area (Å²) in [6.45, 7) is 2.66. The van der Waals surface area contributed by atoms with Crippen LogP contribution in [0.2, 0.25) is 0 Å². The number of hydrogen-bond acceptors (Lipinski definition) is 3. The fourth-order valence-electron chi connectivity index (χ4n) is 2.57. The minimum Gasteiger partial charge on any atom is -0.447 e. The van der Waals surface area contributed by atoms with Crippen molar-refractivity contribution in [2.45, 2.75) is 38.0 Å². The van der Waals surface area contributed by atoms with Crippen molar-refractivity contribution in [3.05, 3.63) is 35.4 Å². The van der Waals surface area contributed by atoms with Crippen molar-refractivity contribution in [1.29, 1.82) is 0 Å².